The number of aromatic nitrogens is 3. The Morgan fingerprint density at radius 3 is 3.06 bits per heavy atom. The third-order valence-electron chi connectivity index (χ3n) is 2.58. The van der Waals surface area contributed by atoms with Crippen molar-refractivity contribution in [3.63, 3.8) is 0 Å². The number of imidazole rings is 1. The second-order valence-electron chi connectivity index (χ2n) is 3.85. The lowest BCUT2D eigenvalue weighted by atomic mass is 10.2. The van der Waals surface area contributed by atoms with Gasteiger partial charge in [0.2, 0.25) is 0 Å². The van der Waals surface area contributed by atoms with Crippen molar-refractivity contribution in [3.8, 4) is 11.4 Å². The summed E-state index contributed by atoms with van der Waals surface area (Å²) >= 11 is 5.19. The van der Waals surface area contributed by atoms with Gasteiger partial charge in [0.15, 0.2) is 0 Å². The second kappa shape index (κ2) is 5.04. The Labute approximate surface area is 117 Å². The van der Waals surface area contributed by atoms with Crippen molar-refractivity contribution in [2.45, 2.75) is 6.54 Å². The zero-order valence-electron chi connectivity index (χ0n) is 9.45. The minimum Gasteiger partial charge on any atom is -0.326 e. The van der Waals surface area contributed by atoms with Crippen molar-refractivity contribution in [2.24, 2.45) is 0 Å². The maximum absolute atomic E-state index is 4.41. The Morgan fingerprint density at radius 1 is 1.33 bits per heavy atom. The van der Waals surface area contributed by atoms with E-state index in [4.69, 9.17) is 0 Å². The van der Waals surface area contributed by atoms with Crippen molar-refractivity contribution in [1.82, 2.24) is 14.5 Å². The average molecular weight is 320 g/mol. The first kappa shape index (κ1) is 11.6. The number of rotatable bonds is 3. The quantitative estimate of drug-likeness (QED) is 0.734. The van der Waals surface area contributed by atoms with Gasteiger partial charge in [0.05, 0.1) is 6.54 Å². The topological polar surface area (TPSA) is 30.7 Å². The van der Waals surface area contributed by atoms with Gasteiger partial charge in [-0.3, -0.25) is 4.98 Å². The lowest BCUT2D eigenvalue weighted by Crippen LogP contribution is -1.99. The molecule has 0 spiro atoms. The molecule has 3 aromatic rings. The standard InChI is InChI=1S/C13H10BrN3S/c14-11-6-10(7-15-8-11)13-16-3-4-17(13)9-12-2-1-5-18-12/h1-8H,9H2. The molecule has 18 heavy (non-hydrogen) atoms. The average Bonchev–Trinajstić information content (AvgIpc) is 3.01. The maximum atomic E-state index is 4.41. The minimum atomic E-state index is 0.847. The largest absolute Gasteiger partial charge is 0.326 e. The summed E-state index contributed by atoms with van der Waals surface area (Å²) in [4.78, 5) is 9.91. The van der Waals surface area contributed by atoms with E-state index < -0.39 is 0 Å². The van der Waals surface area contributed by atoms with E-state index in [1.54, 1.807) is 17.5 Å². The summed E-state index contributed by atoms with van der Waals surface area (Å²) in [5.41, 5.74) is 1.02. The third-order valence-corrected chi connectivity index (χ3v) is 3.88. The first-order chi connectivity index (χ1) is 8.83. The molecule has 5 heteroatoms. The maximum Gasteiger partial charge on any atom is 0.141 e. The van der Waals surface area contributed by atoms with Crippen molar-refractivity contribution < 1.29 is 0 Å². The summed E-state index contributed by atoms with van der Waals surface area (Å²) in [6.07, 6.45) is 7.42. The van der Waals surface area contributed by atoms with Gasteiger partial charge in [0, 0.05) is 39.7 Å². The molecule has 0 atom stereocenters. The predicted molar refractivity (Wildman–Crippen MR) is 76.6 cm³/mol. The van der Waals surface area contributed by atoms with Gasteiger partial charge in [-0.15, -0.1) is 11.3 Å². The Bertz CT molecular complexity index is 646. The zero-order chi connectivity index (χ0) is 12.4. The van der Waals surface area contributed by atoms with Crippen LogP contribution in [0.25, 0.3) is 11.4 Å². The van der Waals surface area contributed by atoms with E-state index in [9.17, 15) is 0 Å². The van der Waals surface area contributed by atoms with Crippen LogP contribution in [0.15, 0.2) is 52.8 Å². The van der Waals surface area contributed by atoms with E-state index in [0.717, 1.165) is 22.4 Å². The molecular weight excluding hydrogens is 310 g/mol. The summed E-state index contributed by atoms with van der Waals surface area (Å²) in [5, 5.41) is 2.09. The number of nitrogens with zero attached hydrogens (tertiary/aromatic N) is 3. The molecule has 3 nitrogen and oxygen atoms in total. The van der Waals surface area contributed by atoms with E-state index in [2.05, 4.69) is 48.0 Å². The molecule has 0 saturated heterocycles. The summed E-state index contributed by atoms with van der Waals surface area (Å²) in [5.74, 6) is 0.942. The number of thiophene rings is 1. The van der Waals surface area contributed by atoms with Gasteiger partial charge in [0.1, 0.15) is 5.82 Å². The van der Waals surface area contributed by atoms with E-state index in [1.165, 1.54) is 4.88 Å². The van der Waals surface area contributed by atoms with E-state index in [0.29, 0.717) is 0 Å². The first-order valence-corrected chi connectivity index (χ1v) is 7.14. The molecular formula is C13H10BrN3S. The number of hydrogen-bond donors (Lipinski definition) is 0. The number of pyridine rings is 1. The molecule has 90 valence electrons. The highest BCUT2D eigenvalue weighted by Crippen LogP contribution is 2.21. The van der Waals surface area contributed by atoms with Crippen LogP contribution in [0.1, 0.15) is 4.88 Å². The first-order valence-electron chi connectivity index (χ1n) is 5.47. The fraction of sp³-hybridized carbons (Fsp3) is 0.0769. The van der Waals surface area contributed by atoms with E-state index in [-0.39, 0.29) is 0 Å². The molecule has 0 amide bonds. The molecule has 0 saturated carbocycles. The predicted octanol–water partition coefficient (Wildman–Crippen LogP) is 3.82. The van der Waals surface area contributed by atoms with Crippen molar-refractivity contribution >= 4 is 27.3 Å². The molecule has 0 aliphatic carbocycles. The van der Waals surface area contributed by atoms with Crippen LogP contribution in [0.4, 0.5) is 0 Å². The van der Waals surface area contributed by atoms with Crippen molar-refractivity contribution in [1.29, 1.82) is 0 Å². The summed E-state index contributed by atoms with van der Waals surface area (Å²) < 4.78 is 3.10. The Balaban J connectivity index is 1.96. The van der Waals surface area contributed by atoms with Gasteiger partial charge in [-0.1, -0.05) is 6.07 Å². The Hall–Kier alpha value is -1.46. The molecule has 3 aromatic heterocycles. The van der Waals surface area contributed by atoms with Crippen LogP contribution >= 0.6 is 27.3 Å². The van der Waals surface area contributed by atoms with Crippen molar-refractivity contribution in [2.75, 3.05) is 0 Å². The summed E-state index contributed by atoms with van der Waals surface area (Å²) in [6.45, 7) is 0.847. The SMILES string of the molecule is Brc1cncc(-c2nccn2Cc2cccs2)c1. The Kier molecular flexibility index (Phi) is 3.25. The van der Waals surface area contributed by atoms with Crippen LogP contribution in [-0.4, -0.2) is 14.5 Å². The smallest absolute Gasteiger partial charge is 0.141 e. The van der Waals surface area contributed by atoms with Gasteiger partial charge in [-0.2, -0.15) is 0 Å². The third kappa shape index (κ3) is 2.37. The highest BCUT2D eigenvalue weighted by Gasteiger charge is 2.07. The molecule has 0 N–H and O–H groups in total. The van der Waals surface area contributed by atoms with Gasteiger partial charge in [-0.25, -0.2) is 4.98 Å². The van der Waals surface area contributed by atoms with E-state index >= 15 is 0 Å². The minimum absolute atomic E-state index is 0.847. The zero-order valence-corrected chi connectivity index (χ0v) is 11.9. The molecule has 0 radical (unpaired) electrons. The normalized spacial score (nSPS) is 10.7. The van der Waals surface area contributed by atoms with Crippen LogP contribution in [-0.2, 0) is 6.54 Å². The molecule has 3 heterocycles. The van der Waals surface area contributed by atoms with Crippen LogP contribution in [0.2, 0.25) is 0 Å². The van der Waals surface area contributed by atoms with Gasteiger partial charge >= 0.3 is 0 Å². The number of hydrogen-bond acceptors (Lipinski definition) is 3. The Morgan fingerprint density at radius 2 is 2.28 bits per heavy atom. The molecule has 3 rings (SSSR count). The number of halogens is 1. The molecule has 0 aliphatic heterocycles. The van der Waals surface area contributed by atoms with Crippen LogP contribution in [0.3, 0.4) is 0 Å². The summed E-state index contributed by atoms with van der Waals surface area (Å²) in [7, 11) is 0. The second-order valence-corrected chi connectivity index (χ2v) is 5.80. The molecule has 0 aliphatic rings. The van der Waals surface area contributed by atoms with Gasteiger partial charge < -0.3 is 4.57 Å². The molecule has 0 aromatic carbocycles. The molecule has 0 bridgehead atoms. The van der Waals surface area contributed by atoms with Gasteiger partial charge in [-0.05, 0) is 33.4 Å². The van der Waals surface area contributed by atoms with Crippen LogP contribution in [0.5, 0.6) is 0 Å². The van der Waals surface area contributed by atoms with Crippen LogP contribution < -0.4 is 0 Å². The molecule has 0 unspecified atom stereocenters. The molecule has 0 fully saturated rings. The van der Waals surface area contributed by atoms with Crippen molar-refractivity contribution in [3.05, 3.63) is 57.7 Å². The monoisotopic (exact) mass is 319 g/mol. The lowest BCUT2D eigenvalue weighted by Gasteiger charge is -2.06. The van der Waals surface area contributed by atoms with E-state index in [1.807, 2.05) is 24.7 Å². The highest BCUT2D eigenvalue weighted by molar-refractivity contribution is 9.10. The lowest BCUT2D eigenvalue weighted by molar-refractivity contribution is 0.819. The fourth-order valence-corrected chi connectivity index (χ4v) is 2.87. The summed E-state index contributed by atoms with van der Waals surface area (Å²) in [6, 6.07) is 6.23. The van der Waals surface area contributed by atoms with Crippen LogP contribution in [0, 0.1) is 0 Å². The fourth-order valence-electron chi connectivity index (χ4n) is 1.80. The van der Waals surface area contributed by atoms with Gasteiger partial charge in [0.25, 0.3) is 0 Å². The highest BCUT2D eigenvalue weighted by atomic mass is 79.9.